The summed E-state index contributed by atoms with van der Waals surface area (Å²) in [7, 11) is -1.48. The van der Waals surface area contributed by atoms with Gasteiger partial charge in [-0.1, -0.05) is 12.8 Å². The zero-order valence-corrected chi connectivity index (χ0v) is 13.0. The number of hydrogen-bond donors (Lipinski definition) is 2. The van der Waals surface area contributed by atoms with Crippen LogP contribution < -0.4 is 5.32 Å². The van der Waals surface area contributed by atoms with E-state index in [1.54, 1.807) is 7.05 Å². The van der Waals surface area contributed by atoms with Crippen LogP contribution in [0.3, 0.4) is 0 Å². The number of amides is 2. The van der Waals surface area contributed by atoms with Gasteiger partial charge in [-0.2, -0.15) is 0 Å². The summed E-state index contributed by atoms with van der Waals surface area (Å²) in [4.78, 5) is 24.7. The second-order valence-corrected chi connectivity index (χ2v) is 8.38. The molecule has 7 nitrogen and oxygen atoms in total. The van der Waals surface area contributed by atoms with E-state index in [1.165, 1.54) is 4.90 Å². The molecule has 0 aromatic heterocycles. The Hall–Kier alpha value is -1.31. The van der Waals surface area contributed by atoms with Crippen molar-refractivity contribution in [2.45, 2.75) is 50.1 Å². The Balaban J connectivity index is 2.00. The second-order valence-electron chi connectivity index (χ2n) is 6.16. The van der Waals surface area contributed by atoms with Gasteiger partial charge < -0.3 is 15.3 Å². The average molecular weight is 318 g/mol. The van der Waals surface area contributed by atoms with Crippen molar-refractivity contribution >= 4 is 21.8 Å². The molecule has 1 saturated carbocycles. The molecule has 2 aliphatic rings. The Labute approximate surface area is 124 Å². The number of nitrogens with zero attached hydrogens (tertiary/aromatic N) is 1. The molecule has 21 heavy (non-hydrogen) atoms. The smallest absolute Gasteiger partial charge is 0.317 e. The zero-order chi connectivity index (χ0) is 15.7. The third kappa shape index (κ3) is 3.87. The highest BCUT2D eigenvalue weighted by Gasteiger charge is 2.40. The predicted octanol–water partition coefficient (Wildman–Crippen LogP) is 0.602. The molecule has 1 saturated heterocycles. The molecule has 0 bridgehead atoms. The van der Waals surface area contributed by atoms with Crippen molar-refractivity contribution in [2.24, 2.45) is 0 Å². The highest BCUT2D eigenvalue weighted by molar-refractivity contribution is 7.91. The Kier molecular flexibility index (Phi) is 4.46. The Morgan fingerprint density at radius 3 is 2.43 bits per heavy atom. The standard InChI is InChI=1S/C13H22N2O5S/c1-15(10-4-7-21(19,20)9-10)12(18)14-13(8-11(16)17)5-2-3-6-13/h10H,2-9H2,1H3,(H,14,18)(H,16,17). The average Bonchev–Trinajstić information content (AvgIpc) is 2.94. The molecule has 1 aliphatic carbocycles. The largest absolute Gasteiger partial charge is 0.481 e. The molecule has 0 radical (unpaired) electrons. The van der Waals surface area contributed by atoms with Crippen LogP contribution in [-0.2, 0) is 14.6 Å². The molecule has 2 fully saturated rings. The number of hydrogen-bond acceptors (Lipinski definition) is 4. The maximum atomic E-state index is 12.3. The molecule has 8 heteroatoms. The number of rotatable bonds is 4. The highest BCUT2D eigenvalue weighted by Crippen LogP contribution is 2.33. The van der Waals surface area contributed by atoms with E-state index in [-0.39, 0.29) is 30.0 Å². The molecule has 0 spiro atoms. The maximum Gasteiger partial charge on any atom is 0.317 e. The monoisotopic (exact) mass is 318 g/mol. The lowest BCUT2D eigenvalue weighted by Crippen LogP contribution is -2.54. The van der Waals surface area contributed by atoms with Crippen LogP contribution in [0.1, 0.15) is 38.5 Å². The number of carboxylic acid groups (broad SMARTS) is 1. The molecule has 1 atom stereocenters. The number of carbonyl (C=O) groups is 2. The topological polar surface area (TPSA) is 104 Å². The third-order valence-electron chi connectivity index (χ3n) is 4.50. The second kappa shape index (κ2) is 5.82. The molecule has 2 rings (SSSR count). The fourth-order valence-electron chi connectivity index (χ4n) is 3.25. The summed E-state index contributed by atoms with van der Waals surface area (Å²) in [6.45, 7) is 0. The van der Waals surface area contributed by atoms with Gasteiger partial charge in [0.2, 0.25) is 0 Å². The van der Waals surface area contributed by atoms with Crippen LogP contribution in [-0.4, -0.2) is 60.6 Å². The molecule has 2 N–H and O–H groups in total. The number of sulfone groups is 1. The summed E-state index contributed by atoms with van der Waals surface area (Å²) >= 11 is 0. The summed E-state index contributed by atoms with van der Waals surface area (Å²) in [5.74, 6) is -0.832. The SMILES string of the molecule is CN(C(=O)NC1(CC(=O)O)CCCC1)C1CCS(=O)(=O)C1. The fourth-order valence-corrected chi connectivity index (χ4v) is 5.02. The van der Waals surface area contributed by atoms with E-state index in [0.717, 1.165) is 12.8 Å². The zero-order valence-electron chi connectivity index (χ0n) is 12.2. The summed E-state index contributed by atoms with van der Waals surface area (Å²) in [5.41, 5.74) is -0.686. The van der Waals surface area contributed by atoms with E-state index in [4.69, 9.17) is 5.11 Å². The van der Waals surface area contributed by atoms with Crippen molar-refractivity contribution in [3.63, 3.8) is 0 Å². The van der Waals surface area contributed by atoms with Crippen molar-refractivity contribution in [2.75, 3.05) is 18.6 Å². The first kappa shape index (κ1) is 16.1. The number of carboxylic acids is 1. The van der Waals surface area contributed by atoms with E-state index < -0.39 is 21.3 Å². The number of nitrogens with one attached hydrogen (secondary N) is 1. The van der Waals surface area contributed by atoms with Gasteiger partial charge in [0.25, 0.3) is 0 Å². The lowest BCUT2D eigenvalue weighted by atomic mass is 9.93. The first-order valence-electron chi connectivity index (χ1n) is 7.20. The van der Waals surface area contributed by atoms with Gasteiger partial charge in [0.05, 0.1) is 23.5 Å². The van der Waals surface area contributed by atoms with Crippen LogP contribution in [0.4, 0.5) is 4.79 Å². The van der Waals surface area contributed by atoms with Gasteiger partial charge in [-0.25, -0.2) is 13.2 Å². The molecule has 120 valence electrons. The summed E-state index contributed by atoms with van der Waals surface area (Å²) < 4.78 is 23.0. The molecular formula is C13H22N2O5S. The minimum Gasteiger partial charge on any atom is -0.481 e. The predicted molar refractivity (Wildman–Crippen MR) is 76.8 cm³/mol. The van der Waals surface area contributed by atoms with Gasteiger partial charge in [0.1, 0.15) is 0 Å². The van der Waals surface area contributed by atoms with Crippen molar-refractivity contribution in [1.82, 2.24) is 10.2 Å². The number of aliphatic carboxylic acids is 1. The van der Waals surface area contributed by atoms with Crippen molar-refractivity contribution in [3.8, 4) is 0 Å². The summed E-state index contributed by atoms with van der Waals surface area (Å²) in [6, 6.07) is -0.696. The quantitative estimate of drug-likeness (QED) is 0.790. The van der Waals surface area contributed by atoms with Crippen LogP contribution in [0.5, 0.6) is 0 Å². The molecule has 0 aromatic carbocycles. The molecular weight excluding hydrogens is 296 g/mol. The van der Waals surface area contributed by atoms with Gasteiger partial charge in [0, 0.05) is 13.1 Å². The van der Waals surface area contributed by atoms with Crippen LogP contribution in [0, 0.1) is 0 Å². The van der Waals surface area contributed by atoms with Gasteiger partial charge in [-0.05, 0) is 19.3 Å². The van der Waals surface area contributed by atoms with Gasteiger partial charge in [0.15, 0.2) is 9.84 Å². The minimum atomic E-state index is -3.05. The number of carbonyl (C=O) groups excluding carboxylic acids is 1. The van der Waals surface area contributed by atoms with Gasteiger partial charge in [-0.3, -0.25) is 4.79 Å². The minimum absolute atomic E-state index is 0.0111. The van der Waals surface area contributed by atoms with Crippen molar-refractivity contribution < 1.29 is 23.1 Å². The molecule has 1 heterocycles. The molecule has 1 unspecified atom stereocenters. The van der Waals surface area contributed by atoms with Crippen LogP contribution in [0.2, 0.25) is 0 Å². The highest BCUT2D eigenvalue weighted by atomic mass is 32.2. The normalized spacial score (nSPS) is 26.4. The van der Waals surface area contributed by atoms with E-state index in [0.29, 0.717) is 19.3 Å². The van der Waals surface area contributed by atoms with E-state index in [2.05, 4.69) is 5.32 Å². The van der Waals surface area contributed by atoms with E-state index >= 15 is 0 Å². The first-order chi connectivity index (χ1) is 9.73. The lowest BCUT2D eigenvalue weighted by molar-refractivity contribution is -0.138. The van der Waals surface area contributed by atoms with E-state index in [9.17, 15) is 18.0 Å². The Morgan fingerprint density at radius 1 is 1.33 bits per heavy atom. The molecule has 2 amide bonds. The first-order valence-corrected chi connectivity index (χ1v) is 9.02. The van der Waals surface area contributed by atoms with Crippen LogP contribution in [0.25, 0.3) is 0 Å². The van der Waals surface area contributed by atoms with Crippen molar-refractivity contribution in [1.29, 1.82) is 0 Å². The van der Waals surface area contributed by atoms with Gasteiger partial charge >= 0.3 is 12.0 Å². The van der Waals surface area contributed by atoms with Crippen LogP contribution in [0.15, 0.2) is 0 Å². The van der Waals surface area contributed by atoms with Crippen molar-refractivity contribution in [3.05, 3.63) is 0 Å². The van der Waals surface area contributed by atoms with E-state index in [1.807, 2.05) is 0 Å². The molecule has 1 aliphatic heterocycles. The molecule has 0 aromatic rings. The Morgan fingerprint density at radius 2 is 1.95 bits per heavy atom. The third-order valence-corrected chi connectivity index (χ3v) is 6.25. The van der Waals surface area contributed by atoms with Crippen LogP contribution >= 0.6 is 0 Å². The maximum absolute atomic E-state index is 12.3. The summed E-state index contributed by atoms with van der Waals surface area (Å²) in [6.07, 6.45) is 3.46. The fraction of sp³-hybridized carbons (Fsp3) is 0.846. The summed E-state index contributed by atoms with van der Waals surface area (Å²) in [5, 5.41) is 11.9. The Bertz CT molecular complexity index is 525. The van der Waals surface area contributed by atoms with Gasteiger partial charge in [-0.15, -0.1) is 0 Å². The lowest BCUT2D eigenvalue weighted by Gasteiger charge is -2.33. The number of urea groups is 1.